The Bertz CT molecular complexity index is 362. The van der Waals surface area contributed by atoms with Crippen molar-refractivity contribution in [3.05, 3.63) is 22.4 Å². The molecule has 0 aromatic carbocycles. The molecule has 1 aliphatic heterocycles. The number of nitrogens with zero attached hydrogens (tertiary/aromatic N) is 1. The van der Waals surface area contributed by atoms with E-state index in [9.17, 15) is 4.79 Å². The number of rotatable bonds is 5. The van der Waals surface area contributed by atoms with Crippen LogP contribution in [0.3, 0.4) is 0 Å². The molecule has 1 aromatic heterocycles. The molecular formula is C14H22N2OS. The molecule has 1 saturated heterocycles. The van der Waals surface area contributed by atoms with Crippen LogP contribution in [-0.4, -0.2) is 37.5 Å². The molecule has 1 fully saturated rings. The van der Waals surface area contributed by atoms with Crippen molar-refractivity contribution in [2.24, 2.45) is 5.92 Å². The van der Waals surface area contributed by atoms with E-state index in [2.05, 4.69) is 21.7 Å². The predicted octanol–water partition coefficient (Wildman–Crippen LogP) is 2.14. The van der Waals surface area contributed by atoms with Crippen LogP contribution in [0.4, 0.5) is 0 Å². The molecule has 100 valence electrons. The molecule has 1 aromatic rings. The van der Waals surface area contributed by atoms with Gasteiger partial charge in [0.2, 0.25) is 5.91 Å². The maximum atomic E-state index is 12.2. The molecule has 1 aliphatic rings. The van der Waals surface area contributed by atoms with Crippen molar-refractivity contribution in [2.45, 2.75) is 25.7 Å². The zero-order chi connectivity index (χ0) is 12.8. The summed E-state index contributed by atoms with van der Waals surface area (Å²) in [5.74, 6) is 0.957. The summed E-state index contributed by atoms with van der Waals surface area (Å²) in [4.78, 5) is 15.5. The SMILES string of the molecule is CNCC1CCCN(C(=O)CCc2cccs2)C1. The van der Waals surface area contributed by atoms with Gasteiger partial charge in [0, 0.05) is 24.4 Å². The Kier molecular flexibility index (Phi) is 5.20. The zero-order valence-electron chi connectivity index (χ0n) is 11.0. The highest BCUT2D eigenvalue weighted by Crippen LogP contribution is 2.18. The monoisotopic (exact) mass is 266 g/mol. The van der Waals surface area contributed by atoms with E-state index in [0.717, 1.165) is 32.5 Å². The number of carbonyl (C=O) groups is 1. The lowest BCUT2D eigenvalue weighted by molar-refractivity contribution is -0.132. The largest absolute Gasteiger partial charge is 0.342 e. The fraction of sp³-hybridized carbons (Fsp3) is 0.643. The van der Waals surface area contributed by atoms with E-state index in [1.54, 1.807) is 11.3 Å². The Balaban J connectivity index is 1.77. The molecule has 1 N–H and O–H groups in total. The third kappa shape index (κ3) is 3.82. The molecule has 0 bridgehead atoms. The number of likely N-dealkylation sites (tertiary alicyclic amines) is 1. The normalized spacial score (nSPS) is 20.1. The van der Waals surface area contributed by atoms with Crippen molar-refractivity contribution in [1.82, 2.24) is 10.2 Å². The van der Waals surface area contributed by atoms with Gasteiger partial charge in [0.15, 0.2) is 0 Å². The molecule has 0 spiro atoms. The Morgan fingerprint density at radius 3 is 3.22 bits per heavy atom. The van der Waals surface area contributed by atoms with Gasteiger partial charge < -0.3 is 10.2 Å². The van der Waals surface area contributed by atoms with E-state index in [4.69, 9.17) is 0 Å². The second kappa shape index (κ2) is 6.90. The molecule has 1 atom stereocenters. The van der Waals surface area contributed by atoms with Gasteiger partial charge in [0.05, 0.1) is 0 Å². The molecule has 18 heavy (non-hydrogen) atoms. The topological polar surface area (TPSA) is 32.3 Å². The summed E-state index contributed by atoms with van der Waals surface area (Å²) < 4.78 is 0. The number of aryl methyl sites for hydroxylation is 1. The summed E-state index contributed by atoms with van der Waals surface area (Å²) in [5.41, 5.74) is 0. The van der Waals surface area contributed by atoms with E-state index < -0.39 is 0 Å². The molecule has 1 unspecified atom stereocenters. The highest BCUT2D eigenvalue weighted by Gasteiger charge is 2.22. The second-order valence-electron chi connectivity index (χ2n) is 4.99. The van der Waals surface area contributed by atoms with E-state index in [0.29, 0.717) is 18.2 Å². The average molecular weight is 266 g/mol. The molecule has 0 aliphatic carbocycles. The van der Waals surface area contributed by atoms with Crippen LogP contribution in [0.2, 0.25) is 0 Å². The van der Waals surface area contributed by atoms with Gasteiger partial charge in [0.25, 0.3) is 0 Å². The number of amides is 1. The summed E-state index contributed by atoms with van der Waals surface area (Å²) >= 11 is 1.74. The van der Waals surface area contributed by atoms with Gasteiger partial charge in [0.1, 0.15) is 0 Å². The van der Waals surface area contributed by atoms with Crippen LogP contribution in [0.1, 0.15) is 24.1 Å². The Morgan fingerprint density at radius 1 is 1.61 bits per heavy atom. The number of hydrogen-bond acceptors (Lipinski definition) is 3. The van der Waals surface area contributed by atoms with Gasteiger partial charge >= 0.3 is 0 Å². The van der Waals surface area contributed by atoms with Gasteiger partial charge in [-0.05, 0) is 50.2 Å². The van der Waals surface area contributed by atoms with E-state index in [1.165, 1.54) is 11.3 Å². The van der Waals surface area contributed by atoms with Gasteiger partial charge in [-0.1, -0.05) is 6.07 Å². The molecule has 0 saturated carbocycles. The fourth-order valence-electron chi connectivity index (χ4n) is 2.59. The number of hydrogen-bond donors (Lipinski definition) is 1. The number of nitrogens with one attached hydrogen (secondary N) is 1. The average Bonchev–Trinajstić information content (AvgIpc) is 2.90. The molecule has 2 heterocycles. The minimum atomic E-state index is 0.323. The summed E-state index contributed by atoms with van der Waals surface area (Å²) in [5, 5.41) is 5.29. The number of thiophene rings is 1. The van der Waals surface area contributed by atoms with Gasteiger partial charge in [-0.25, -0.2) is 0 Å². The van der Waals surface area contributed by atoms with E-state index in [-0.39, 0.29) is 0 Å². The first-order valence-corrected chi connectivity index (χ1v) is 7.62. The van der Waals surface area contributed by atoms with Crippen LogP contribution in [0, 0.1) is 5.92 Å². The second-order valence-corrected chi connectivity index (χ2v) is 6.02. The van der Waals surface area contributed by atoms with Crippen LogP contribution in [0.25, 0.3) is 0 Å². The Hall–Kier alpha value is -0.870. The Morgan fingerprint density at radius 2 is 2.50 bits per heavy atom. The first-order chi connectivity index (χ1) is 8.79. The summed E-state index contributed by atoms with van der Waals surface area (Å²) in [6.07, 6.45) is 3.95. The summed E-state index contributed by atoms with van der Waals surface area (Å²) in [7, 11) is 1.98. The van der Waals surface area contributed by atoms with E-state index in [1.807, 2.05) is 13.1 Å². The lowest BCUT2D eigenvalue weighted by atomic mass is 9.97. The minimum absolute atomic E-state index is 0.323. The molecule has 0 radical (unpaired) electrons. The third-order valence-electron chi connectivity index (χ3n) is 3.53. The first kappa shape index (κ1) is 13.6. The first-order valence-electron chi connectivity index (χ1n) is 6.74. The summed E-state index contributed by atoms with van der Waals surface area (Å²) in [6.45, 7) is 2.91. The van der Waals surface area contributed by atoms with Crippen molar-refractivity contribution < 1.29 is 4.79 Å². The van der Waals surface area contributed by atoms with Gasteiger partial charge in [-0.2, -0.15) is 0 Å². The van der Waals surface area contributed by atoms with Crippen LogP contribution in [0.5, 0.6) is 0 Å². The van der Waals surface area contributed by atoms with Crippen LogP contribution in [-0.2, 0) is 11.2 Å². The molecule has 4 heteroatoms. The lowest BCUT2D eigenvalue weighted by Gasteiger charge is -2.32. The maximum absolute atomic E-state index is 12.2. The van der Waals surface area contributed by atoms with Crippen molar-refractivity contribution in [3.63, 3.8) is 0 Å². The number of carbonyl (C=O) groups excluding carboxylic acids is 1. The van der Waals surface area contributed by atoms with Crippen molar-refractivity contribution in [3.8, 4) is 0 Å². The standard InChI is InChI=1S/C14H22N2OS/c1-15-10-12-4-2-8-16(11-12)14(17)7-6-13-5-3-9-18-13/h3,5,9,12,15H,2,4,6-8,10-11H2,1H3. The fourth-order valence-corrected chi connectivity index (χ4v) is 3.30. The van der Waals surface area contributed by atoms with Crippen molar-refractivity contribution in [2.75, 3.05) is 26.7 Å². The molecular weight excluding hydrogens is 244 g/mol. The lowest BCUT2D eigenvalue weighted by Crippen LogP contribution is -2.42. The highest BCUT2D eigenvalue weighted by atomic mass is 32.1. The molecule has 1 amide bonds. The van der Waals surface area contributed by atoms with Crippen molar-refractivity contribution in [1.29, 1.82) is 0 Å². The van der Waals surface area contributed by atoms with Crippen LogP contribution < -0.4 is 5.32 Å². The van der Waals surface area contributed by atoms with Crippen molar-refractivity contribution >= 4 is 17.2 Å². The summed E-state index contributed by atoms with van der Waals surface area (Å²) in [6, 6.07) is 4.16. The Labute approximate surface area is 113 Å². The van der Waals surface area contributed by atoms with E-state index >= 15 is 0 Å². The number of piperidine rings is 1. The molecule has 2 rings (SSSR count). The van der Waals surface area contributed by atoms with Crippen LogP contribution in [0.15, 0.2) is 17.5 Å². The zero-order valence-corrected chi connectivity index (χ0v) is 11.8. The third-order valence-corrected chi connectivity index (χ3v) is 4.47. The van der Waals surface area contributed by atoms with Gasteiger partial charge in [-0.15, -0.1) is 11.3 Å². The minimum Gasteiger partial charge on any atom is -0.342 e. The highest BCUT2D eigenvalue weighted by molar-refractivity contribution is 7.09. The predicted molar refractivity (Wildman–Crippen MR) is 75.9 cm³/mol. The maximum Gasteiger partial charge on any atom is 0.222 e. The smallest absolute Gasteiger partial charge is 0.222 e. The van der Waals surface area contributed by atoms with Crippen LogP contribution >= 0.6 is 11.3 Å². The van der Waals surface area contributed by atoms with Gasteiger partial charge in [-0.3, -0.25) is 4.79 Å². The quantitative estimate of drug-likeness (QED) is 0.885. The molecule has 3 nitrogen and oxygen atoms in total.